The molecule has 2 rings (SSSR count). The van der Waals surface area contributed by atoms with Crippen molar-refractivity contribution in [2.45, 2.75) is 38.5 Å². The second kappa shape index (κ2) is 9.07. The third kappa shape index (κ3) is 5.76. The molecule has 1 amide bonds. The van der Waals surface area contributed by atoms with Crippen LogP contribution in [0.1, 0.15) is 37.7 Å². The van der Waals surface area contributed by atoms with E-state index in [4.69, 9.17) is 10.6 Å². The minimum absolute atomic E-state index is 0.00170. The number of amidine groups is 1. The van der Waals surface area contributed by atoms with Gasteiger partial charge < -0.3 is 15.5 Å². The fourth-order valence-electron chi connectivity index (χ4n) is 2.60. The molecule has 1 aliphatic heterocycles. The van der Waals surface area contributed by atoms with Crippen molar-refractivity contribution < 1.29 is 9.63 Å². The first-order valence-corrected chi connectivity index (χ1v) is 8.02. The van der Waals surface area contributed by atoms with Crippen LogP contribution < -0.4 is 5.73 Å². The summed E-state index contributed by atoms with van der Waals surface area (Å²) >= 11 is 0. The van der Waals surface area contributed by atoms with Gasteiger partial charge in [0.1, 0.15) is 5.84 Å². The number of nitrogens with two attached hydrogens (primary N) is 1. The second-order valence-corrected chi connectivity index (χ2v) is 5.67. The van der Waals surface area contributed by atoms with Crippen LogP contribution in [-0.2, 0) is 16.1 Å². The summed E-state index contributed by atoms with van der Waals surface area (Å²) in [7, 11) is 0. The summed E-state index contributed by atoms with van der Waals surface area (Å²) in [5.41, 5.74) is 6.89. The highest BCUT2D eigenvalue weighted by Gasteiger charge is 2.15. The molecular formula is C17H25N3O2. The molecule has 120 valence electrons. The van der Waals surface area contributed by atoms with E-state index in [0.717, 1.165) is 31.5 Å². The number of hydrogen-bond donors (Lipinski definition) is 1. The van der Waals surface area contributed by atoms with Crippen molar-refractivity contribution in [2.24, 2.45) is 10.9 Å². The van der Waals surface area contributed by atoms with E-state index >= 15 is 0 Å². The molecule has 1 fully saturated rings. The van der Waals surface area contributed by atoms with Crippen molar-refractivity contribution in [3.05, 3.63) is 35.9 Å². The predicted molar refractivity (Wildman–Crippen MR) is 87.4 cm³/mol. The smallest absolute Gasteiger partial charge is 0.263 e. The number of rotatable bonds is 5. The minimum Gasteiger partial charge on any atom is -0.384 e. The first-order valence-electron chi connectivity index (χ1n) is 8.02. The van der Waals surface area contributed by atoms with Crippen LogP contribution in [0.15, 0.2) is 35.5 Å². The topological polar surface area (TPSA) is 67.9 Å². The number of carbonyl (C=O) groups excluding carboxylic acids is 1. The number of amides is 1. The number of nitrogens with zero attached hydrogens (tertiary/aromatic N) is 2. The van der Waals surface area contributed by atoms with Crippen molar-refractivity contribution in [1.82, 2.24) is 4.90 Å². The summed E-state index contributed by atoms with van der Waals surface area (Å²) in [6.07, 6.45) is 6.35. The van der Waals surface area contributed by atoms with Crippen molar-refractivity contribution >= 4 is 11.7 Å². The van der Waals surface area contributed by atoms with Crippen molar-refractivity contribution in [2.75, 3.05) is 19.7 Å². The molecule has 1 aromatic carbocycles. The van der Waals surface area contributed by atoms with Gasteiger partial charge in [-0.25, -0.2) is 0 Å². The van der Waals surface area contributed by atoms with Crippen LogP contribution in [0.5, 0.6) is 0 Å². The Balaban J connectivity index is 1.74. The molecule has 0 atom stereocenters. The minimum atomic E-state index is -0.0323. The molecule has 0 saturated carbocycles. The van der Waals surface area contributed by atoms with Gasteiger partial charge in [0.25, 0.3) is 5.91 Å². The van der Waals surface area contributed by atoms with Gasteiger partial charge in [0, 0.05) is 19.5 Å². The number of likely N-dealkylation sites (tertiary alicyclic amines) is 1. The summed E-state index contributed by atoms with van der Waals surface area (Å²) in [6.45, 7) is 1.62. The van der Waals surface area contributed by atoms with E-state index in [1.54, 1.807) is 0 Å². The largest absolute Gasteiger partial charge is 0.384 e. The Morgan fingerprint density at radius 2 is 1.73 bits per heavy atom. The van der Waals surface area contributed by atoms with Gasteiger partial charge in [0.2, 0.25) is 0 Å². The van der Waals surface area contributed by atoms with Gasteiger partial charge in [-0.1, -0.05) is 54.8 Å². The lowest BCUT2D eigenvalue weighted by molar-refractivity contribution is -0.136. The van der Waals surface area contributed by atoms with Gasteiger partial charge in [-0.15, -0.1) is 0 Å². The molecule has 0 aromatic heterocycles. The van der Waals surface area contributed by atoms with Gasteiger partial charge in [-0.05, 0) is 18.4 Å². The zero-order valence-electron chi connectivity index (χ0n) is 13.0. The van der Waals surface area contributed by atoms with Gasteiger partial charge in [-0.2, -0.15) is 0 Å². The molecular weight excluding hydrogens is 278 g/mol. The molecule has 0 spiro atoms. The molecule has 5 heteroatoms. The van der Waals surface area contributed by atoms with Crippen LogP contribution in [0.25, 0.3) is 0 Å². The maximum absolute atomic E-state index is 12.1. The normalized spacial score (nSPS) is 16.7. The van der Waals surface area contributed by atoms with E-state index in [2.05, 4.69) is 5.16 Å². The van der Waals surface area contributed by atoms with Gasteiger partial charge in [0.15, 0.2) is 6.61 Å². The molecule has 0 bridgehead atoms. The third-order valence-electron chi connectivity index (χ3n) is 3.81. The predicted octanol–water partition coefficient (Wildman–Crippen LogP) is 2.31. The molecule has 0 unspecified atom stereocenters. The van der Waals surface area contributed by atoms with E-state index in [1.807, 2.05) is 35.2 Å². The lowest BCUT2D eigenvalue weighted by Crippen LogP contribution is -2.36. The SMILES string of the molecule is NC(Cc1ccccc1)=NOCC(=O)N1CCCCCCC1. The van der Waals surface area contributed by atoms with Crippen LogP contribution in [0.2, 0.25) is 0 Å². The Bertz CT molecular complexity index is 480. The zero-order valence-corrected chi connectivity index (χ0v) is 13.0. The average molecular weight is 303 g/mol. The highest BCUT2D eigenvalue weighted by Crippen LogP contribution is 2.10. The maximum Gasteiger partial charge on any atom is 0.263 e. The molecule has 0 radical (unpaired) electrons. The third-order valence-corrected chi connectivity index (χ3v) is 3.81. The van der Waals surface area contributed by atoms with E-state index < -0.39 is 0 Å². The van der Waals surface area contributed by atoms with Crippen LogP contribution in [-0.4, -0.2) is 36.3 Å². The number of carbonyl (C=O) groups is 1. The van der Waals surface area contributed by atoms with Crippen molar-refractivity contribution in [3.63, 3.8) is 0 Å². The van der Waals surface area contributed by atoms with Crippen molar-refractivity contribution in [3.8, 4) is 0 Å². The van der Waals surface area contributed by atoms with E-state index in [0.29, 0.717) is 12.3 Å². The van der Waals surface area contributed by atoms with E-state index in [-0.39, 0.29) is 12.5 Å². The number of oxime groups is 1. The summed E-state index contributed by atoms with van der Waals surface area (Å²) in [4.78, 5) is 19.1. The van der Waals surface area contributed by atoms with E-state index in [9.17, 15) is 4.79 Å². The Labute approximate surface area is 132 Å². The zero-order chi connectivity index (χ0) is 15.6. The Hall–Kier alpha value is -2.04. The fourth-order valence-corrected chi connectivity index (χ4v) is 2.60. The summed E-state index contributed by atoms with van der Waals surface area (Å²) in [5.74, 6) is 0.379. The number of benzene rings is 1. The first kappa shape index (κ1) is 16.3. The highest BCUT2D eigenvalue weighted by molar-refractivity contribution is 5.82. The molecule has 2 N–H and O–H groups in total. The fraction of sp³-hybridized carbons (Fsp3) is 0.529. The van der Waals surface area contributed by atoms with E-state index in [1.165, 1.54) is 19.3 Å². The Morgan fingerprint density at radius 1 is 1.09 bits per heavy atom. The molecule has 5 nitrogen and oxygen atoms in total. The highest BCUT2D eigenvalue weighted by atomic mass is 16.6. The molecule has 0 aliphatic carbocycles. The lowest BCUT2D eigenvalue weighted by atomic mass is 10.1. The molecule has 1 saturated heterocycles. The molecule has 1 aromatic rings. The van der Waals surface area contributed by atoms with Crippen LogP contribution in [0.3, 0.4) is 0 Å². The average Bonchev–Trinajstić information content (AvgIpc) is 2.47. The van der Waals surface area contributed by atoms with Gasteiger partial charge >= 0.3 is 0 Å². The molecule has 22 heavy (non-hydrogen) atoms. The first-order chi connectivity index (χ1) is 10.8. The van der Waals surface area contributed by atoms with Crippen LogP contribution in [0, 0.1) is 0 Å². The standard InChI is InChI=1S/C17H25N3O2/c18-16(13-15-9-5-4-6-10-15)19-22-14-17(21)20-11-7-2-1-3-8-12-20/h4-6,9-10H,1-3,7-8,11-14H2,(H2,18,19). The summed E-state index contributed by atoms with van der Waals surface area (Å²) < 4.78 is 0. The molecule has 1 heterocycles. The van der Waals surface area contributed by atoms with Gasteiger partial charge in [-0.3, -0.25) is 4.79 Å². The summed E-state index contributed by atoms with van der Waals surface area (Å²) in [5, 5.41) is 3.84. The quantitative estimate of drug-likeness (QED) is 0.515. The van der Waals surface area contributed by atoms with Crippen molar-refractivity contribution in [1.29, 1.82) is 0 Å². The molecule has 1 aliphatic rings. The van der Waals surface area contributed by atoms with Crippen LogP contribution in [0.4, 0.5) is 0 Å². The van der Waals surface area contributed by atoms with Gasteiger partial charge in [0.05, 0.1) is 0 Å². The number of hydrogen-bond acceptors (Lipinski definition) is 3. The maximum atomic E-state index is 12.1. The monoisotopic (exact) mass is 303 g/mol. The second-order valence-electron chi connectivity index (χ2n) is 5.67. The Kier molecular flexibility index (Phi) is 6.74. The lowest BCUT2D eigenvalue weighted by Gasteiger charge is -2.24. The Morgan fingerprint density at radius 3 is 2.41 bits per heavy atom. The summed E-state index contributed by atoms with van der Waals surface area (Å²) in [6, 6.07) is 9.82. The van der Waals surface area contributed by atoms with Crippen LogP contribution >= 0.6 is 0 Å².